The van der Waals surface area contributed by atoms with Crippen molar-refractivity contribution in [1.82, 2.24) is 19.8 Å². The molecule has 1 atom stereocenters. The first-order valence-electron chi connectivity index (χ1n) is 9.33. The lowest BCUT2D eigenvalue weighted by Crippen LogP contribution is -2.51. The summed E-state index contributed by atoms with van der Waals surface area (Å²) in [5.74, 6) is 0.961. The fourth-order valence-corrected chi connectivity index (χ4v) is 3.75. The van der Waals surface area contributed by atoms with Gasteiger partial charge in [0.25, 0.3) is 0 Å². The van der Waals surface area contributed by atoms with E-state index in [-0.39, 0.29) is 24.3 Å². The Balaban J connectivity index is 1.30. The molecular weight excluding hydrogens is 342 g/mol. The van der Waals surface area contributed by atoms with E-state index in [1.165, 1.54) is 0 Å². The lowest BCUT2D eigenvalue weighted by atomic mass is 9.99. The summed E-state index contributed by atoms with van der Waals surface area (Å²) in [6.07, 6.45) is 3.93. The number of aromatic nitrogens is 2. The summed E-state index contributed by atoms with van der Waals surface area (Å²) in [6, 6.07) is 11.8. The molecule has 1 aromatic carbocycles. The number of carbonyl (C=O) groups excluding carboxylic acids is 2. The van der Waals surface area contributed by atoms with Crippen LogP contribution < -0.4 is 4.90 Å². The quantitative estimate of drug-likeness (QED) is 0.813. The summed E-state index contributed by atoms with van der Waals surface area (Å²) in [6.45, 7) is 3.45. The van der Waals surface area contributed by atoms with Gasteiger partial charge in [0.15, 0.2) is 0 Å². The molecule has 2 saturated heterocycles. The van der Waals surface area contributed by atoms with E-state index in [1.807, 2.05) is 35.2 Å². The van der Waals surface area contributed by atoms with Crippen molar-refractivity contribution >= 4 is 17.8 Å². The number of rotatable bonds is 4. The maximum absolute atomic E-state index is 12.7. The van der Waals surface area contributed by atoms with Gasteiger partial charge in [-0.1, -0.05) is 30.3 Å². The van der Waals surface area contributed by atoms with Gasteiger partial charge in [0.1, 0.15) is 0 Å². The smallest absolute Gasteiger partial charge is 0.242 e. The Hall–Kier alpha value is -2.96. The molecule has 2 aliphatic rings. The predicted molar refractivity (Wildman–Crippen MR) is 101 cm³/mol. The fourth-order valence-electron chi connectivity index (χ4n) is 3.75. The average Bonchev–Trinajstić information content (AvgIpc) is 3.10. The summed E-state index contributed by atoms with van der Waals surface area (Å²) in [7, 11) is 0. The summed E-state index contributed by atoms with van der Waals surface area (Å²) in [5, 5.41) is 0. The maximum Gasteiger partial charge on any atom is 0.242 e. The number of hydrogen-bond acceptors (Lipinski definition) is 5. The number of piperazine rings is 1. The monoisotopic (exact) mass is 365 g/mol. The topological polar surface area (TPSA) is 69.6 Å². The predicted octanol–water partition coefficient (Wildman–Crippen LogP) is 1.14. The van der Waals surface area contributed by atoms with E-state index in [1.54, 1.807) is 23.4 Å². The Bertz CT molecular complexity index is 791. The Labute approximate surface area is 158 Å². The highest BCUT2D eigenvalue weighted by atomic mass is 16.2. The van der Waals surface area contributed by atoms with Crippen LogP contribution in [0.25, 0.3) is 0 Å². The van der Waals surface area contributed by atoms with Gasteiger partial charge < -0.3 is 14.7 Å². The highest BCUT2D eigenvalue weighted by Crippen LogP contribution is 2.27. The molecule has 2 aliphatic heterocycles. The normalized spacial score (nSPS) is 20.2. The van der Waals surface area contributed by atoms with Crippen LogP contribution in [0.4, 0.5) is 5.95 Å². The summed E-state index contributed by atoms with van der Waals surface area (Å²) in [5.41, 5.74) is 1.16. The van der Waals surface area contributed by atoms with Crippen molar-refractivity contribution in [2.45, 2.75) is 12.3 Å². The molecule has 0 spiro atoms. The van der Waals surface area contributed by atoms with Crippen molar-refractivity contribution in [2.75, 3.05) is 44.2 Å². The number of nitrogens with zero attached hydrogens (tertiary/aromatic N) is 5. The molecule has 3 heterocycles. The van der Waals surface area contributed by atoms with E-state index in [0.29, 0.717) is 45.1 Å². The molecule has 0 radical (unpaired) electrons. The zero-order valence-electron chi connectivity index (χ0n) is 15.2. The lowest BCUT2D eigenvalue weighted by Gasteiger charge is -2.35. The van der Waals surface area contributed by atoms with Crippen LogP contribution in [0.15, 0.2) is 48.8 Å². The zero-order chi connectivity index (χ0) is 18.6. The van der Waals surface area contributed by atoms with Gasteiger partial charge in [-0.15, -0.1) is 0 Å². The molecule has 0 aliphatic carbocycles. The molecule has 27 heavy (non-hydrogen) atoms. The maximum atomic E-state index is 12.7. The van der Waals surface area contributed by atoms with Gasteiger partial charge in [0, 0.05) is 57.5 Å². The second kappa shape index (κ2) is 7.73. The molecule has 4 rings (SSSR count). The summed E-state index contributed by atoms with van der Waals surface area (Å²) >= 11 is 0. The van der Waals surface area contributed by atoms with Gasteiger partial charge in [0.05, 0.1) is 6.54 Å². The molecule has 2 aromatic rings. The van der Waals surface area contributed by atoms with Crippen molar-refractivity contribution in [3.05, 3.63) is 54.4 Å². The van der Waals surface area contributed by atoms with Gasteiger partial charge in [-0.25, -0.2) is 9.97 Å². The first-order chi connectivity index (χ1) is 13.2. The van der Waals surface area contributed by atoms with E-state index in [4.69, 9.17) is 0 Å². The highest BCUT2D eigenvalue weighted by molar-refractivity contribution is 5.86. The van der Waals surface area contributed by atoms with Crippen molar-refractivity contribution in [3.63, 3.8) is 0 Å². The van der Waals surface area contributed by atoms with Crippen LogP contribution in [0, 0.1) is 0 Å². The molecule has 0 unspecified atom stereocenters. The number of hydrogen-bond donors (Lipinski definition) is 0. The van der Waals surface area contributed by atoms with E-state index in [2.05, 4.69) is 14.9 Å². The van der Waals surface area contributed by atoms with Crippen molar-refractivity contribution < 1.29 is 9.59 Å². The minimum atomic E-state index is 0.0192. The van der Waals surface area contributed by atoms with Crippen LogP contribution in [-0.4, -0.2) is 70.9 Å². The molecule has 0 bridgehead atoms. The Morgan fingerprint density at radius 1 is 1.00 bits per heavy atom. The third-order valence-corrected chi connectivity index (χ3v) is 5.28. The number of carbonyl (C=O) groups is 2. The second-order valence-corrected chi connectivity index (χ2v) is 7.00. The van der Waals surface area contributed by atoms with Crippen LogP contribution >= 0.6 is 0 Å². The number of anilines is 1. The van der Waals surface area contributed by atoms with Gasteiger partial charge >= 0.3 is 0 Å². The van der Waals surface area contributed by atoms with E-state index in [9.17, 15) is 9.59 Å². The van der Waals surface area contributed by atoms with Crippen LogP contribution in [0.3, 0.4) is 0 Å². The van der Waals surface area contributed by atoms with Gasteiger partial charge in [-0.05, 0) is 11.6 Å². The Morgan fingerprint density at radius 2 is 1.70 bits per heavy atom. The zero-order valence-corrected chi connectivity index (χ0v) is 15.2. The highest BCUT2D eigenvalue weighted by Gasteiger charge is 2.33. The van der Waals surface area contributed by atoms with Crippen LogP contribution in [-0.2, 0) is 9.59 Å². The summed E-state index contributed by atoms with van der Waals surface area (Å²) < 4.78 is 0. The molecule has 7 nitrogen and oxygen atoms in total. The van der Waals surface area contributed by atoms with Crippen molar-refractivity contribution in [1.29, 1.82) is 0 Å². The van der Waals surface area contributed by atoms with E-state index >= 15 is 0 Å². The number of benzene rings is 1. The first kappa shape index (κ1) is 17.5. The van der Waals surface area contributed by atoms with Crippen molar-refractivity contribution in [3.8, 4) is 0 Å². The third kappa shape index (κ3) is 3.92. The molecule has 140 valence electrons. The van der Waals surface area contributed by atoms with Gasteiger partial charge in [-0.3, -0.25) is 9.59 Å². The molecule has 7 heteroatoms. The molecule has 2 amide bonds. The van der Waals surface area contributed by atoms with E-state index < -0.39 is 0 Å². The standard InChI is InChI=1S/C20H23N5O2/c26-18-13-17(16-5-2-1-3-6-16)14-25(18)15-19(27)23-9-11-24(12-10-23)20-21-7-4-8-22-20/h1-8,17H,9-15H2/t17-/m1/s1. The van der Waals surface area contributed by atoms with Crippen LogP contribution in [0.1, 0.15) is 17.9 Å². The summed E-state index contributed by atoms with van der Waals surface area (Å²) in [4.78, 5) is 39.2. The van der Waals surface area contributed by atoms with Gasteiger partial charge in [0.2, 0.25) is 17.8 Å². The van der Waals surface area contributed by atoms with E-state index in [0.717, 1.165) is 5.56 Å². The first-order valence-corrected chi connectivity index (χ1v) is 9.33. The SMILES string of the molecule is O=C(CN1C[C@H](c2ccccc2)CC1=O)N1CCN(c2ncccn2)CC1. The average molecular weight is 365 g/mol. The second-order valence-electron chi connectivity index (χ2n) is 7.00. The molecule has 1 aromatic heterocycles. The molecular formula is C20H23N5O2. The van der Waals surface area contributed by atoms with Crippen LogP contribution in [0.2, 0.25) is 0 Å². The Morgan fingerprint density at radius 3 is 2.41 bits per heavy atom. The molecule has 0 saturated carbocycles. The lowest BCUT2D eigenvalue weighted by molar-refractivity contribution is -0.138. The fraction of sp³-hybridized carbons (Fsp3) is 0.400. The molecule has 2 fully saturated rings. The molecule has 0 N–H and O–H groups in total. The largest absolute Gasteiger partial charge is 0.338 e. The van der Waals surface area contributed by atoms with Crippen LogP contribution in [0.5, 0.6) is 0 Å². The third-order valence-electron chi connectivity index (χ3n) is 5.28. The Kier molecular flexibility index (Phi) is 5.00. The number of likely N-dealkylation sites (tertiary alicyclic amines) is 1. The van der Waals surface area contributed by atoms with Gasteiger partial charge in [-0.2, -0.15) is 0 Å². The number of amides is 2. The minimum absolute atomic E-state index is 0.0192. The minimum Gasteiger partial charge on any atom is -0.338 e. The van der Waals surface area contributed by atoms with Crippen molar-refractivity contribution in [2.24, 2.45) is 0 Å².